The van der Waals surface area contributed by atoms with Crippen LogP contribution in [0.3, 0.4) is 0 Å². The van der Waals surface area contributed by atoms with Crippen LogP contribution < -0.4 is 5.64 Å². The van der Waals surface area contributed by atoms with E-state index in [0.29, 0.717) is 6.85 Å². The molecule has 0 aromatic heterocycles. The van der Waals surface area contributed by atoms with E-state index in [1.807, 2.05) is 0 Å². The normalized spacial score (nSPS) is 19.8. The zero-order chi connectivity index (χ0) is 6.69. The van der Waals surface area contributed by atoms with E-state index in [-0.39, 0.29) is 32.7 Å². The molecule has 0 amide bonds. The molecular formula is C7H16BNY. The Labute approximate surface area is 89.5 Å². The summed E-state index contributed by atoms with van der Waals surface area (Å²) in [4.78, 5) is 0. The molecule has 10 heavy (non-hydrogen) atoms. The summed E-state index contributed by atoms with van der Waals surface area (Å²) in [6.07, 6.45) is 7.00. The molecule has 0 aliphatic heterocycles. The van der Waals surface area contributed by atoms with E-state index in [2.05, 4.69) is 6.82 Å². The van der Waals surface area contributed by atoms with Crippen LogP contribution in [-0.2, 0) is 32.7 Å². The number of hydrogen-bond acceptors (Lipinski definition) is 1. The number of nitrogens with two attached hydrogens (primary N) is 1. The summed E-state index contributed by atoms with van der Waals surface area (Å²) >= 11 is 0. The van der Waals surface area contributed by atoms with Crippen molar-refractivity contribution in [3.05, 3.63) is 0 Å². The van der Waals surface area contributed by atoms with Crippen LogP contribution in [0.25, 0.3) is 0 Å². The Bertz CT molecular complexity index is 81.7. The summed E-state index contributed by atoms with van der Waals surface area (Å²) in [5.41, 5.74) is 5.77. The average Bonchev–Trinajstić information content (AvgIpc) is 1.90. The van der Waals surface area contributed by atoms with Crippen molar-refractivity contribution in [1.82, 2.24) is 0 Å². The molecule has 0 saturated heterocycles. The molecule has 2 N–H and O–H groups in total. The first kappa shape index (κ1) is 11.1. The maximum Gasteiger partial charge on any atom is 0.217 e. The predicted molar refractivity (Wildman–Crippen MR) is 42.6 cm³/mol. The van der Waals surface area contributed by atoms with Gasteiger partial charge in [0.05, 0.1) is 0 Å². The van der Waals surface area contributed by atoms with E-state index in [4.69, 9.17) is 5.64 Å². The van der Waals surface area contributed by atoms with Gasteiger partial charge in [0.2, 0.25) is 6.85 Å². The van der Waals surface area contributed by atoms with Crippen LogP contribution in [0.1, 0.15) is 32.1 Å². The topological polar surface area (TPSA) is 26.0 Å². The fourth-order valence-corrected chi connectivity index (χ4v) is 1.66. The van der Waals surface area contributed by atoms with Gasteiger partial charge >= 0.3 is 0 Å². The van der Waals surface area contributed by atoms with Crippen molar-refractivity contribution in [1.29, 1.82) is 0 Å². The zero-order valence-electron chi connectivity index (χ0n) is 6.84. The molecular weight excluding hydrogens is 198 g/mol. The second-order valence-corrected chi connectivity index (χ2v) is 3.26. The summed E-state index contributed by atoms with van der Waals surface area (Å²) in [7, 11) is 0. The van der Waals surface area contributed by atoms with Crippen molar-refractivity contribution < 1.29 is 32.7 Å². The fraction of sp³-hybridized carbons (Fsp3) is 1.00. The molecule has 1 aliphatic carbocycles. The van der Waals surface area contributed by atoms with E-state index in [1.54, 1.807) is 0 Å². The monoisotopic (exact) mass is 214 g/mol. The molecule has 55 valence electrons. The third-order valence-electron chi connectivity index (χ3n) is 2.39. The minimum Gasteiger partial charge on any atom is -0.370 e. The molecule has 0 unspecified atom stereocenters. The van der Waals surface area contributed by atoms with E-state index in [1.165, 1.54) is 32.1 Å². The van der Waals surface area contributed by atoms with E-state index >= 15 is 0 Å². The molecule has 1 nitrogen and oxygen atoms in total. The van der Waals surface area contributed by atoms with Gasteiger partial charge in [-0.2, -0.15) is 0 Å². The van der Waals surface area contributed by atoms with Crippen LogP contribution in [0, 0.1) is 0 Å². The first-order valence-corrected chi connectivity index (χ1v) is 4.06. The number of rotatable bonds is 1. The van der Waals surface area contributed by atoms with Crippen LogP contribution in [0.15, 0.2) is 0 Å². The van der Waals surface area contributed by atoms with Gasteiger partial charge in [-0.1, -0.05) is 38.9 Å². The SMILES string of the molecule is CB(N)C1CCCCC1.[Y]. The molecule has 1 fully saturated rings. The smallest absolute Gasteiger partial charge is 0.217 e. The maximum atomic E-state index is 5.77. The zero-order valence-corrected chi connectivity index (χ0v) is 9.68. The third kappa shape index (κ3) is 3.50. The van der Waals surface area contributed by atoms with Gasteiger partial charge in [-0.3, -0.25) is 0 Å². The third-order valence-corrected chi connectivity index (χ3v) is 2.39. The van der Waals surface area contributed by atoms with Crippen LogP contribution in [0.5, 0.6) is 0 Å². The van der Waals surface area contributed by atoms with Gasteiger partial charge < -0.3 is 5.64 Å². The van der Waals surface area contributed by atoms with Gasteiger partial charge in [0.25, 0.3) is 0 Å². The average molecular weight is 214 g/mol. The molecule has 3 heteroatoms. The first-order valence-electron chi connectivity index (χ1n) is 4.06. The molecule has 1 radical (unpaired) electrons. The molecule has 0 aromatic carbocycles. The van der Waals surface area contributed by atoms with E-state index in [9.17, 15) is 0 Å². The summed E-state index contributed by atoms with van der Waals surface area (Å²) in [6, 6.07) is 0. The Hall–Kier alpha value is 1.13. The van der Waals surface area contributed by atoms with Gasteiger partial charge in [-0.05, 0) is 5.82 Å². The Morgan fingerprint density at radius 2 is 1.70 bits per heavy atom. The Morgan fingerprint density at radius 1 is 1.20 bits per heavy atom. The van der Waals surface area contributed by atoms with Crippen LogP contribution in [0.2, 0.25) is 12.6 Å². The molecule has 1 rings (SSSR count). The Morgan fingerprint density at radius 3 is 2.00 bits per heavy atom. The summed E-state index contributed by atoms with van der Waals surface area (Å²) in [5, 5.41) is 0. The van der Waals surface area contributed by atoms with Crippen molar-refractivity contribution in [2.24, 2.45) is 5.64 Å². The summed E-state index contributed by atoms with van der Waals surface area (Å²) in [6.45, 7) is 2.57. The molecule has 0 spiro atoms. The fourth-order valence-electron chi connectivity index (χ4n) is 1.66. The standard InChI is InChI=1S/C7H16BN.Y/c1-8(9)7-5-3-2-4-6-7;/h7H,2-6,9H2,1H3;. The molecule has 1 saturated carbocycles. The Kier molecular flexibility index (Phi) is 6.39. The molecule has 0 atom stereocenters. The van der Waals surface area contributed by atoms with Crippen LogP contribution >= 0.6 is 0 Å². The molecule has 0 aromatic rings. The maximum absolute atomic E-state index is 5.77. The van der Waals surface area contributed by atoms with Crippen LogP contribution in [0.4, 0.5) is 0 Å². The quantitative estimate of drug-likeness (QED) is 0.662. The second kappa shape index (κ2) is 5.74. The predicted octanol–water partition coefficient (Wildman–Crippen LogP) is 1.90. The van der Waals surface area contributed by atoms with E-state index in [0.717, 1.165) is 5.82 Å². The van der Waals surface area contributed by atoms with Gasteiger partial charge in [0.1, 0.15) is 0 Å². The van der Waals surface area contributed by atoms with Gasteiger partial charge in [0, 0.05) is 32.7 Å². The second-order valence-electron chi connectivity index (χ2n) is 3.26. The van der Waals surface area contributed by atoms with Gasteiger partial charge in [-0.15, -0.1) is 0 Å². The van der Waals surface area contributed by atoms with Crippen molar-refractivity contribution >= 4 is 6.85 Å². The summed E-state index contributed by atoms with van der Waals surface area (Å²) < 4.78 is 0. The largest absolute Gasteiger partial charge is 0.370 e. The van der Waals surface area contributed by atoms with Crippen molar-refractivity contribution in [3.8, 4) is 0 Å². The minimum atomic E-state index is 0. The van der Waals surface area contributed by atoms with Crippen molar-refractivity contribution in [2.75, 3.05) is 0 Å². The Balaban J connectivity index is 0.000000810. The molecule has 0 bridgehead atoms. The molecule has 0 heterocycles. The first-order chi connectivity index (χ1) is 4.30. The van der Waals surface area contributed by atoms with Crippen molar-refractivity contribution in [2.45, 2.75) is 44.7 Å². The number of hydrogen-bond donors (Lipinski definition) is 1. The van der Waals surface area contributed by atoms with Gasteiger partial charge in [-0.25, -0.2) is 0 Å². The van der Waals surface area contributed by atoms with Crippen molar-refractivity contribution in [3.63, 3.8) is 0 Å². The minimum absolute atomic E-state index is 0. The van der Waals surface area contributed by atoms with E-state index < -0.39 is 0 Å². The summed E-state index contributed by atoms with van der Waals surface area (Å²) in [5.74, 6) is 0.832. The van der Waals surface area contributed by atoms with Crippen LogP contribution in [-0.4, -0.2) is 6.85 Å². The van der Waals surface area contributed by atoms with Gasteiger partial charge in [0.15, 0.2) is 0 Å². The molecule has 1 aliphatic rings.